The van der Waals surface area contributed by atoms with Crippen LogP contribution in [0.1, 0.15) is 24.5 Å². The van der Waals surface area contributed by atoms with Crippen LogP contribution in [0.15, 0.2) is 42.5 Å². The van der Waals surface area contributed by atoms with Crippen molar-refractivity contribution in [3.05, 3.63) is 53.6 Å². The highest BCUT2D eigenvalue weighted by molar-refractivity contribution is 5.77. The lowest BCUT2D eigenvalue weighted by Crippen LogP contribution is -2.24. The van der Waals surface area contributed by atoms with Gasteiger partial charge in [-0.15, -0.1) is 0 Å². The molecular weight excluding hydrogens is 356 g/mol. The summed E-state index contributed by atoms with van der Waals surface area (Å²) in [6.45, 7) is 5.75. The van der Waals surface area contributed by atoms with E-state index in [-0.39, 0.29) is 12.3 Å². The molecule has 0 saturated heterocycles. The van der Waals surface area contributed by atoms with Crippen LogP contribution in [0.25, 0.3) is 0 Å². The number of rotatable bonds is 11. The van der Waals surface area contributed by atoms with E-state index in [9.17, 15) is 4.79 Å². The average Bonchev–Trinajstić information content (AvgIpc) is 2.68. The quantitative estimate of drug-likeness (QED) is 0.602. The zero-order valence-electron chi connectivity index (χ0n) is 16.4. The number of hydrogen-bond donors (Lipinski definition) is 1. The van der Waals surface area contributed by atoms with Crippen molar-refractivity contribution in [2.24, 2.45) is 0 Å². The Morgan fingerprint density at radius 2 is 1.79 bits per heavy atom. The highest BCUT2D eigenvalue weighted by Crippen LogP contribution is 2.28. The van der Waals surface area contributed by atoms with Gasteiger partial charge in [0, 0.05) is 6.54 Å². The number of para-hydroxylation sites is 1. The average molecular weight is 382 g/mol. The van der Waals surface area contributed by atoms with E-state index in [2.05, 4.69) is 5.32 Å². The van der Waals surface area contributed by atoms with E-state index >= 15 is 0 Å². The van der Waals surface area contributed by atoms with Gasteiger partial charge in [-0.1, -0.05) is 24.3 Å². The first-order valence-electron chi connectivity index (χ1n) is 9.34. The lowest BCUT2D eigenvalue weighted by molar-refractivity contribution is -0.120. The molecule has 0 fully saturated rings. The van der Waals surface area contributed by atoms with Gasteiger partial charge in [-0.2, -0.15) is 5.26 Å². The number of amides is 1. The molecule has 2 aromatic rings. The van der Waals surface area contributed by atoms with Crippen molar-refractivity contribution in [2.75, 3.05) is 26.4 Å². The fourth-order valence-electron chi connectivity index (χ4n) is 2.60. The summed E-state index contributed by atoms with van der Waals surface area (Å²) in [6.07, 6.45) is 0.523. The van der Waals surface area contributed by atoms with Crippen LogP contribution in [0, 0.1) is 18.3 Å². The van der Waals surface area contributed by atoms with Crippen LogP contribution in [0.4, 0.5) is 0 Å². The van der Waals surface area contributed by atoms with E-state index in [0.717, 1.165) is 16.9 Å². The highest BCUT2D eigenvalue weighted by atomic mass is 16.5. The van der Waals surface area contributed by atoms with Gasteiger partial charge in [-0.05, 0) is 49.6 Å². The van der Waals surface area contributed by atoms with Crippen molar-refractivity contribution in [1.82, 2.24) is 5.32 Å². The van der Waals surface area contributed by atoms with E-state index in [1.807, 2.05) is 62.4 Å². The van der Waals surface area contributed by atoms with E-state index < -0.39 is 0 Å². The first-order valence-corrected chi connectivity index (χ1v) is 9.34. The number of nitrogens with one attached hydrogen (secondary N) is 1. The zero-order valence-corrected chi connectivity index (χ0v) is 16.4. The summed E-state index contributed by atoms with van der Waals surface area (Å²) in [7, 11) is 0. The summed E-state index contributed by atoms with van der Waals surface area (Å²) < 4.78 is 17.3. The summed E-state index contributed by atoms with van der Waals surface area (Å²) in [4.78, 5) is 11.3. The lowest BCUT2D eigenvalue weighted by atomic mass is 10.1. The molecule has 0 bridgehead atoms. The molecule has 148 valence electrons. The third-order valence-corrected chi connectivity index (χ3v) is 3.98. The Labute approximate surface area is 166 Å². The zero-order chi connectivity index (χ0) is 20.2. The molecule has 6 heteroatoms. The van der Waals surface area contributed by atoms with Crippen molar-refractivity contribution in [3.8, 4) is 23.3 Å². The largest absolute Gasteiger partial charge is 0.490 e. The SMILES string of the molecule is CCOc1cc(CCNC(=O)CC#N)ccc1OCCOc1ccccc1C. The minimum atomic E-state index is -0.263. The molecule has 0 radical (unpaired) electrons. The van der Waals surface area contributed by atoms with E-state index in [0.29, 0.717) is 44.3 Å². The molecule has 0 aliphatic carbocycles. The van der Waals surface area contributed by atoms with Crippen LogP contribution in [0.3, 0.4) is 0 Å². The number of nitrogens with zero attached hydrogens (tertiary/aromatic N) is 1. The minimum absolute atomic E-state index is 0.123. The first-order chi connectivity index (χ1) is 13.6. The standard InChI is InChI=1S/C22H26N2O4/c1-3-26-21-16-18(11-13-24-22(25)10-12-23)8-9-20(21)28-15-14-27-19-7-5-4-6-17(19)2/h4-9,16H,3,10-11,13-15H2,1-2H3,(H,24,25). The van der Waals surface area contributed by atoms with E-state index in [4.69, 9.17) is 19.5 Å². The Kier molecular flexibility index (Phi) is 8.67. The molecule has 0 unspecified atom stereocenters. The number of carbonyl (C=O) groups is 1. The maximum Gasteiger partial charge on any atom is 0.234 e. The molecule has 2 rings (SSSR count). The Morgan fingerprint density at radius 3 is 2.50 bits per heavy atom. The van der Waals surface area contributed by atoms with Gasteiger partial charge in [-0.3, -0.25) is 4.79 Å². The van der Waals surface area contributed by atoms with Crippen molar-refractivity contribution in [3.63, 3.8) is 0 Å². The molecule has 28 heavy (non-hydrogen) atoms. The Bertz CT molecular complexity index is 814. The molecule has 1 amide bonds. The predicted octanol–water partition coefficient (Wildman–Crippen LogP) is 3.42. The van der Waals surface area contributed by atoms with Crippen LogP contribution >= 0.6 is 0 Å². The van der Waals surface area contributed by atoms with Gasteiger partial charge >= 0.3 is 0 Å². The summed E-state index contributed by atoms with van der Waals surface area (Å²) in [6, 6.07) is 15.4. The fourth-order valence-corrected chi connectivity index (χ4v) is 2.60. The molecule has 6 nitrogen and oxygen atoms in total. The Balaban J connectivity index is 1.86. The maximum atomic E-state index is 11.3. The second-order valence-corrected chi connectivity index (χ2v) is 6.11. The topological polar surface area (TPSA) is 80.6 Å². The van der Waals surface area contributed by atoms with E-state index in [1.54, 1.807) is 0 Å². The van der Waals surface area contributed by atoms with Crippen molar-refractivity contribution in [1.29, 1.82) is 5.26 Å². The predicted molar refractivity (Wildman–Crippen MR) is 107 cm³/mol. The Morgan fingerprint density at radius 1 is 1.04 bits per heavy atom. The first kappa shape index (κ1) is 21.1. The van der Waals surface area contributed by atoms with Gasteiger partial charge in [0.2, 0.25) is 5.91 Å². The monoisotopic (exact) mass is 382 g/mol. The summed E-state index contributed by atoms with van der Waals surface area (Å²) in [5.74, 6) is 1.91. The van der Waals surface area contributed by atoms with Crippen molar-refractivity contribution < 1.29 is 19.0 Å². The second kappa shape index (κ2) is 11.5. The van der Waals surface area contributed by atoms with Gasteiger partial charge in [0.1, 0.15) is 25.4 Å². The van der Waals surface area contributed by atoms with E-state index in [1.165, 1.54) is 0 Å². The molecule has 2 aromatic carbocycles. The number of carbonyl (C=O) groups excluding carboxylic acids is 1. The van der Waals surface area contributed by atoms with Crippen molar-refractivity contribution in [2.45, 2.75) is 26.7 Å². The lowest BCUT2D eigenvalue weighted by Gasteiger charge is -2.14. The van der Waals surface area contributed by atoms with Gasteiger partial charge in [-0.25, -0.2) is 0 Å². The van der Waals surface area contributed by atoms with Gasteiger partial charge in [0.25, 0.3) is 0 Å². The smallest absolute Gasteiger partial charge is 0.234 e. The molecule has 0 aliphatic rings. The molecule has 0 heterocycles. The third kappa shape index (κ3) is 6.84. The van der Waals surface area contributed by atoms with Crippen LogP contribution in [0.2, 0.25) is 0 Å². The van der Waals surface area contributed by atoms with Gasteiger partial charge in [0.05, 0.1) is 12.7 Å². The molecular formula is C22H26N2O4. The van der Waals surface area contributed by atoms with Crippen LogP contribution in [0.5, 0.6) is 17.2 Å². The summed E-state index contributed by atoms with van der Waals surface area (Å²) in [5, 5.41) is 11.2. The molecule has 0 aromatic heterocycles. The third-order valence-electron chi connectivity index (χ3n) is 3.98. The van der Waals surface area contributed by atoms with Crippen LogP contribution in [-0.2, 0) is 11.2 Å². The van der Waals surface area contributed by atoms with Crippen LogP contribution in [-0.4, -0.2) is 32.3 Å². The minimum Gasteiger partial charge on any atom is -0.490 e. The van der Waals surface area contributed by atoms with Crippen molar-refractivity contribution >= 4 is 5.91 Å². The molecule has 1 N–H and O–H groups in total. The van der Waals surface area contributed by atoms with Gasteiger partial charge in [0.15, 0.2) is 11.5 Å². The van der Waals surface area contributed by atoms with Gasteiger partial charge < -0.3 is 19.5 Å². The second-order valence-electron chi connectivity index (χ2n) is 6.11. The van der Waals surface area contributed by atoms with Crippen LogP contribution < -0.4 is 19.5 Å². The maximum absolute atomic E-state index is 11.3. The number of nitriles is 1. The molecule has 0 aliphatic heterocycles. The molecule has 0 atom stereocenters. The normalized spacial score (nSPS) is 10.0. The number of hydrogen-bond acceptors (Lipinski definition) is 5. The fraction of sp³-hybridized carbons (Fsp3) is 0.364. The summed E-state index contributed by atoms with van der Waals surface area (Å²) >= 11 is 0. The summed E-state index contributed by atoms with van der Waals surface area (Å²) in [5.41, 5.74) is 2.10. The Hall–Kier alpha value is -3.20. The number of benzene rings is 2. The molecule has 0 spiro atoms. The highest BCUT2D eigenvalue weighted by Gasteiger charge is 2.08. The molecule has 0 saturated carbocycles. The number of ether oxygens (including phenoxy) is 3. The number of aryl methyl sites for hydroxylation is 1.